The van der Waals surface area contributed by atoms with E-state index in [4.69, 9.17) is 4.74 Å². The second kappa shape index (κ2) is 11.3. The van der Waals surface area contributed by atoms with Crippen LogP contribution in [0.25, 0.3) is 10.8 Å². The van der Waals surface area contributed by atoms with Crippen LogP contribution in [0.2, 0.25) is 0 Å². The van der Waals surface area contributed by atoms with Gasteiger partial charge >= 0.3 is 5.97 Å². The topological polar surface area (TPSA) is 99.2 Å². The van der Waals surface area contributed by atoms with Crippen molar-refractivity contribution in [2.45, 2.75) is 64.6 Å². The second-order valence-corrected chi connectivity index (χ2v) is 10.4. The van der Waals surface area contributed by atoms with Crippen molar-refractivity contribution in [3.05, 3.63) is 58.2 Å². The lowest BCUT2D eigenvalue weighted by atomic mass is 9.78. The summed E-state index contributed by atoms with van der Waals surface area (Å²) in [5.74, 6) is -1.27. The highest BCUT2D eigenvalue weighted by Crippen LogP contribution is 2.48. The van der Waals surface area contributed by atoms with Gasteiger partial charge < -0.3 is 25.0 Å². The number of aliphatic hydroxyl groups is 1. The van der Waals surface area contributed by atoms with E-state index in [0.717, 1.165) is 22.9 Å². The summed E-state index contributed by atoms with van der Waals surface area (Å²) in [6.07, 6.45) is 1.38. The fraction of sp³-hybridized carbons (Fsp3) is 0.500. The Morgan fingerprint density at radius 1 is 1.21 bits per heavy atom. The lowest BCUT2D eigenvalue weighted by molar-refractivity contribution is -0.143. The van der Waals surface area contributed by atoms with Gasteiger partial charge in [-0.3, -0.25) is 14.4 Å². The van der Waals surface area contributed by atoms with E-state index in [0.29, 0.717) is 31.6 Å². The quantitative estimate of drug-likeness (QED) is 0.466. The zero-order valence-corrected chi connectivity index (χ0v) is 23.1. The molecule has 2 N–H and O–H groups in total. The van der Waals surface area contributed by atoms with Gasteiger partial charge in [0.1, 0.15) is 6.61 Å². The highest BCUT2D eigenvalue weighted by atomic mass is 16.5. The Morgan fingerprint density at radius 2 is 1.95 bits per heavy atom. The lowest BCUT2D eigenvalue weighted by Crippen LogP contribution is -2.52. The Morgan fingerprint density at radius 3 is 2.61 bits per heavy atom. The number of hydrogen-bond donors (Lipinski definition) is 2. The molecule has 2 amide bonds. The summed E-state index contributed by atoms with van der Waals surface area (Å²) in [6, 6.07) is 10.1. The molecule has 0 radical (unpaired) electrons. The minimum Gasteiger partial charge on any atom is -0.461 e. The first kappa shape index (κ1) is 27.8. The maximum absolute atomic E-state index is 14.0. The number of hydrogen-bond acceptors (Lipinski definition) is 6. The van der Waals surface area contributed by atoms with Gasteiger partial charge in [-0.1, -0.05) is 45.0 Å². The molecule has 2 aromatic rings. The SMILES string of the molecule is CCC(=O)OCC1=C([C@@](O)(CC)C(=O)NCCN(C)C)CC2c3cc4ccccc4c(CC)c3CN2C1=O. The van der Waals surface area contributed by atoms with Gasteiger partial charge in [0.25, 0.3) is 11.8 Å². The molecule has 2 aromatic carbocycles. The molecular weight excluding hydrogens is 482 g/mol. The molecule has 8 nitrogen and oxygen atoms in total. The predicted octanol–water partition coefficient (Wildman–Crippen LogP) is 3.26. The number of aryl methyl sites for hydroxylation is 1. The summed E-state index contributed by atoms with van der Waals surface area (Å²) < 4.78 is 5.40. The number of carbonyl (C=O) groups excluding carboxylic acids is 3. The summed E-state index contributed by atoms with van der Waals surface area (Å²) in [4.78, 5) is 43.2. The lowest BCUT2D eigenvalue weighted by Gasteiger charge is -2.39. The molecule has 0 aliphatic carbocycles. The molecule has 0 bridgehead atoms. The van der Waals surface area contributed by atoms with Crippen molar-refractivity contribution in [3.63, 3.8) is 0 Å². The molecule has 38 heavy (non-hydrogen) atoms. The number of ether oxygens (including phenoxy) is 1. The van der Waals surface area contributed by atoms with Crippen LogP contribution in [0, 0.1) is 0 Å². The van der Waals surface area contributed by atoms with Crippen LogP contribution in [0.15, 0.2) is 41.5 Å². The average Bonchev–Trinajstić information content (AvgIpc) is 3.28. The van der Waals surface area contributed by atoms with Gasteiger partial charge in [-0.2, -0.15) is 0 Å². The van der Waals surface area contributed by atoms with Crippen molar-refractivity contribution in [2.24, 2.45) is 0 Å². The maximum Gasteiger partial charge on any atom is 0.305 e. The minimum absolute atomic E-state index is 0.0894. The number of nitrogens with zero attached hydrogens (tertiary/aromatic N) is 2. The highest BCUT2D eigenvalue weighted by molar-refractivity contribution is 6.00. The number of esters is 1. The number of fused-ring (bicyclic) bond motifs is 4. The molecule has 2 aliphatic heterocycles. The van der Waals surface area contributed by atoms with Crippen molar-refractivity contribution in [3.8, 4) is 0 Å². The Bertz CT molecular complexity index is 1280. The molecule has 0 aromatic heterocycles. The first-order valence-corrected chi connectivity index (χ1v) is 13.5. The number of nitrogens with one attached hydrogen (secondary N) is 1. The van der Waals surface area contributed by atoms with E-state index in [9.17, 15) is 19.5 Å². The van der Waals surface area contributed by atoms with Crippen LogP contribution in [0.3, 0.4) is 0 Å². The predicted molar refractivity (Wildman–Crippen MR) is 146 cm³/mol. The second-order valence-electron chi connectivity index (χ2n) is 10.4. The standard InChI is InChI=1S/C30H39N3O5/c1-6-20-21-12-10-9-11-19(21)15-22-23(20)17-33-26(22)16-25(24(28(33)35)18-38-27(34)7-2)30(37,8-3)29(36)31-13-14-32(4)5/h9-12,15,26,37H,6-8,13-14,16-18H2,1-5H3,(H,31,36)/t26?,30-/m0/s1. The zero-order chi connectivity index (χ0) is 27.6. The number of likely N-dealkylation sites (N-methyl/N-ethyl adjacent to an activating group) is 1. The van der Waals surface area contributed by atoms with Gasteiger partial charge in [0.2, 0.25) is 0 Å². The third kappa shape index (κ3) is 4.95. The normalized spacial score (nSPS) is 18.4. The van der Waals surface area contributed by atoms with Crippen LogP contribution in [0.4, 0.5) is 0 Å². The summed E-state index contributed by atoms with van der Waals surface area (Å²) >= 11 is 0. The van der Waals surface area contributed by atoms with Crippen molar-refractivity contribution >= 4 is 28.6 Å². The van der Waals surface area contributed by atoms with Crippen LogP contribution in [0.1, 0.15) is 62.8 Å². The maximum atomic E-state index is 14.0. The molecule has 4 rings (SSSR count). The molecular formula is C30H39N3O5. The van der Waals surface area contributed by atoms with E-state index < -0.39 is 17.5 Å². The Labute approximate surface area is 224 Å². The molecule has 0 spiro atoms. The van der Waals surface area contributed by atoms with E-state index in [2.05, 4.69) is 30.4 Å². The van der Waals surface area contributed by atoms with Crippen LogP contribution in [0.5, 0.6) is 0 Å². The van der Waals surface area contributed by atoms with Crippen molar-refractivity contribution < 1.29 is 24.2 Å². The van der Waals surface area contributed by atoms with Gasteiger partial charge in [-0.05, 0) is 72.5 Å². The molecule has 1 unspecified atom stereocenters. The molecule has 2 atom stereocenters. The van der Waals surface area contributed by atoms with E-state index in [1.807, 2.05) is 31.1 Å². The largest absolute Gasteiger partial charge is 0.461 e. The Balaban J connectivity index is 1.79. The van der Waals surface area contributed by atoms with Crippen LogP contribution in [-0.2, 0) is 32.1 Å². The molecule has 8 heteroatoms. The first-order chi connectivity index (χ1) is 18.2. The third-order valence-corrected chi connectivity index (χ3v) is 7.90. The Kier molecular flexibility index (Phi) is 8.23. The van der Waals surface area contributed by atoms with E-state index >= 15 is 0 Å². The van der Waals surface area contributed by atoms with Gasteiger partial charge in [0, 0.05) is 26.1 Å². The highest BCUT2D eigenvalue weighted by Gasteiger charge is 2.49. The zero-order valence-electron chi connectivity index (χ0n) is 23.1. The van der Waals surface area contributed by atoms with Gasteiger partial charge in [-0.15, -0.1) is 0 Å². The van der Waals surface area contributed by atoms with Crippen molar-refractivity contribution in [1.29, 1.82) is 0 Å². The average molecular weight is 522 g/mol. The smallest absolute Gasteiger partial charge is 0.305 e. The van der Waals surface area contributed by atoms with E-state index in [-0.39, 0.29) is 37.0 Å². The number of amides is 2. The molecule has 0 saturated carbocycles. The third-order valence-electron chi connectivity index (χ3n) is 7.90. The van der Waals surface area contributed by atoms with Crippen LogP contribution in [-0.4, -0.2) is 72.1 Å². The summed E-state index contributed by atoms with van der Waals surface area (Å²) in [5.41, 5.74) is 2.05. The summed E-state index contributed by atoms with van der Waals surface area (Å²) in [7, 11) is 3.81. The Hall–Kier alpha value is -3.23. The fourth-order valence-electron chi connectivity index (χ4n) is 5.75. The van der Waals surface area contributed by atoms with E-state index in [1.165, 1.54) is 10.9 Å². The summed E-state index contributed by atoms with van der Waals surface area (Å²) in [6.45, 7) is 6.69. The van der Waals surface area contributed by atoms with Crippen LogP contribution >= 0.6 is 0 Å². The number of carbonyl (C=O) groups is 3. The molecule has 2 aliphatic rings. The fourth-order valence-corrected chi connectivity index (χ4v) is 5.75. The summed E-state index contributed by atoms with van der Waals surface area (Å²) in [5, 5.41) is 17.0. The monoisotopic (exact) mass is 521 g/mol. The van der Waals surface area contributed by atoms with Crippen molar-refractivity contribution in [2.75, 3.05) is 33.8 Å². The molecule has 0 saturated heterocycles. The van der Waals surface area contributed by atoms with Crippen molar-refractivity contribution in [1.82, 2.24) is 15.1 Å². The van der Waals surface area contributed by atoms with Gasteiger partial charge in [0.15, 0.2) is 5.60 Å². The minimum atomic E-state index is -1.89. The van der Waals surface area contributed by atoms with Crippen LogP contribution < -0.4 is 5.32 Å². The molecule has 204 valence electrons. The molecule has 0 fully saturated rings. The van der Waals surface area contributed by atoms with E-state index in [1.54, 1.807) is 18.7 Å². The van der Waals surface area contributed by atoms with Gasteiger partial charge in [-0.25, -0.2) is 0 Å². The number of benzene rings is 2. The molecule has 2 heterocycles. The number of rotatable bonds is 10. The van der Waals surface area contributed by atoms with Gasteiger partial charge in [0.05, 0.1) is 11.6 Å². The first-order valence-electron chi connectivity index (χ1n) is 13.5.